The molecule has 2 aromatic rings. The Morgan fingerprint density at radius 3 is 1.94 bits per heavy atom. The van der Waals surface area contributed by atoms with E-state index < -0.39 is 46.7 Å². The van der Waals surface area contributed by atoms with Crippen LogP contribution in [-0.2, 0) is 17.0 Å². The lowest BCUT2D eigenvalue weighted by Gasteiger charge is -2.27. The van der Waals surface area contributed by atoms with Crippen LogP contribution in [0.3, 0.4) is 0 Å². The van der Waals surface area contributed by atoms with Crippen LogP contribution in [0.2, 0.25) is 0 Å². The molecule has 1 fully saturated rings. The normalized spacial score (nSPS) is 20.8. The van der Waals surface area contributed by atoms with E-state index in [1.54, 1.807) is 12.1 Å². The van der Waals surface area contributed by atoms with Gasteiger partial charge in [-0.3, -0.25) is 0 Å². The zero-order chi connectivity index (χ0) is 23.7. The highest BCUT2D eigenvalue weighted by Crippen LogP contribution is 2.40. The van der Waals surface area contributed by atoms with E-state index in [0.29, 0.717) is 18.1 Å². The average Bonchev–Trinajstić information content (AvgIpc) is 2.72. The molecule has 0 N–H and O–H groups in total. The van der Waals surface area contributed by atoms with Gasteiger partial charge in [0, 0.05) is 0 Å². The zero-order valence-electron chi connectivity index (χ0n) is 17.4. The number of alkyl halides is 5. The van der Waals surface area contributed by atoms with Gasteiger partial charge in [0.2, 0.25) is 0 Å². The zero-order valence-corrected chi connectivity index (χ0v) is 17.4. The number of benzene rings is 2. The predicted octanol–water partition coefficient (Wildman–Crippen LogP) is 8.27. The third kappa shape index (κ3) is 5.34. The number of ether oxygens (including phenoxy) is 1. The van der Waals surface area contributed by atoms with E-state index in [9.17, 15) is 30.7 Å². The van der Waals surface area contributed by atoms with E-state index in [4.69, 9.17) is 4.74 Å². The molecule has 0 heterocycles. The molecule has 1 saturated carbocycles. The second-order valence-corrected chi connectivity index (χ2v) is 8.10. The fraction of sp³-hybridized carbons (Fsp3) is 0.417. The number of halogens is 7. The van der Waals surface area contributed by atoms with E-state index >= 15 is 0 Å². The molecule has 1 unspecified atom stereocenters. The van der Waals surface area contributed by atoms with Crippen molar-refractivity contribution in [3.05, 3.63) is 82.9 Å². The molecule has 1 aliphatic carbocycles. The molecule has 174 valence electrons. The molecule has 0 radical (unpaired) electrons. The SMILES string of the molecule is C=CC1CCC(c2ccc(C(F)(F)OC(C)c3cc(F)c(C(F)(F)F)c(F)c3)cc2)CC1. The first-order chi connectivity index (χ1) is 14.9. The molecule has 0 saturated heterocycles. The Labute approximate surface area is 181 Å². The van der Waals surface area contributed by atoms with Gasteiger partial charge in [-0.2, -0.15) is 22.0 Å². The minimum atomic E-state index is -5.24. The molecule has 1 nitrogen and oxygen atoms in total. The van der Waals surface area contributed by atoms with Gasteiger partial charge in [-0.15, -0.1) is 6.58 Å². The summed E-state index contributed by atoms with van der Waals surface area (Å²) in [5, 5.41) is 0. The minimum Gasteiger partial charge on any atom is -0.309 e. The summed E-state index contributed by atoms with van der Waals surface area (Å²) in [5.41, 5.74) is -2.06. The monoisotopic (exact) mass is 460 g/mol. The fourth-order valence-corrected chi connectivity index (χ4v) is 4.09. The number of hydrogen-bond donors (Lipinski definition) is 0. The lowest BCUT2D eigenvalue weighted by atomic mass is 9.78. The van der Waals surface area contributed by atoms with Crippen LogP contribution in [-0.4, -0.2) is 0 Å². The standard InChI is InChI=1S/C24H23F7O/c1-3-15-4-6-16(7-5-15)17-8-10-19(11-9-17)24(30,31)32-14(2)18-12-20(25)22(21(26)13-18)23(27,28)29/h3,8-16H,1,4-7H2,2H3. The molecule has 1 atom stereocenters. The Kier molecular flexibility index (Phi) is 7.03. The largest absolute Gasteiger partial charge is 0.422 e. The van der Waals surface area contributed by atoms with Gasteiger partial charge in [-0.1, -0.05) is 30.3 Å². The van der Waals surface area contributed by atoms with E-state index in [0.717, 1.165) is 38.2 Å². The second-order valence-electron chi connectivity index (χ2n) is 8.10. The average molecular weight is 460 g/mol. The quantitative estimate of drug-likeness (QED) is 0.311. The maximum absolute atomic E-state index is 14.6. The molecule has 1 aliphatic rings. The van der Waals surface area contributed by atoms with Gasteiger partial charge < -0.3 is 4.74 Å². The first-order valence-electron chi connectivity index (χ1n) is 10.3. The molecule has 8 heteroatoms. The van der Waals surface area contributed by atoms with Gasteiger partial charge in [-0.25, -0.2) is 8.78 Å². The van der Waals surface area contributed by atoms with Crippen LogP contribution in [0.4, 0.5) is 30.7 Å². The maximum atomic E-state index is 14.6. The van der Waals surface area contributed by atoms with Crippen LogP contribution in [0, 0.1) is 17.6 Å². The summed E-state index contributed by atoms with van der Waals surface area (Å²) in [4.78, 5) is 0. The third-order valence-electron chi connectivity index (χ3n) is 5.97. The highest BCUT2D eigenvalue weighted by atomic mass is 19.4. The Hall–Kier alpha value is -2.35. The van der Waals surface area contributed by atoms with Gasteiger partial charge in [-0.05, 0) is 67.7 Å². The lowest BCUT2D eigenvalue weighted by molar-refractivity contribution is -0.272. The highest BCUT2D eigenvalue weighted by Gasteiger charge is 2.39. The van der Waals surface area contributed by atoms with Crippen molar-refractivity contribution in [1.82, 2.24) is 0 Å². The molecular weight excluding hydrogens is 437 g/mol. The molecule has 32 heavy (non-hydrogen) atoms. The topological polar surface area (TPSA) is 9.23 Å². The molecular formula is C24H23F7O. The lowest BCUT2D eigenvalue weighted by Crippen LogP contribution is -2.21. The maximum Gasteiger partial charge on any atom is 0.422 e. The van der Waals surface area contributed by atoms with Crippen LogP contribution >= 0.6 is 0 Å². The number of rotatable bonds is 6. The third-order valence-corrected chi connectivity index (χ3v) is 5.97. The summed E-state index contributed by atoms with van der Waals surface area (Å²) in [6, 6.07) is 6.39. The van der Waals surface area contributed by atoms with Crippen molar-refractivity contribution in [2.24, 2.45) is 5.92 Å². The Bertz CT molecular complexity index is 919. The van der Waals surface area contributed by atoms with E-state index in [1.165, 1.54) is 12.1 Å². The van der Waals surface area contributed by atoms with Crippen LogP contribution < -0.4 is 0 Å². The van der Waals surface area contributed by atoms with Gasteiger partial charge in [0.1, 0.15) is 17.2 Å². The first-order valence-corrected chi connectivity index (χ1v) is 10.3. The summed E-state index contributed by atoms with van der Waals surface area (Å²) >= 11 is 0. The van der Waals surface area contributed by atoms with Crippen molar-refractivity contribution in [2.45, 2.75) is 56.9 Å². The van der Waals surface area contributed by atoms with E-state index in [1.807, 2.05) is 6.08 Å². The van der Waals surface area contributed by atoms with Crippen molar-refractivity contribution in [3.63, 3.8) is 0 Å². The minimum absolute atomic E-state index is 0.270. The van der Waals surface area contributed by atoms with Crippen LogP contribution in [0.15, 0.2) is 49.1 Å². The van der Waals surface area contributed by atoms with Gasteiger partial charge in [0.25, 0.3) is 0 Å². The molecule has 0 spiro atoms. The van der Waals surface area contributed by atoms with Gasteiger partial charge in [0.05, 0.1) is 11.7 Å². The van der Waals surface area contributed by atoms with Crippen LogP contribution in [0.25, 0.3) is 0 Å². The summed E-state index contributed by atoms with van der Waals surface area (Å²) in [7, 11) is 0. The number of hydrogen-bond acceptors (Lipinski definition) is 1. The summed E-state index contributed by atoms with van der Waals surface area (Å²) in [6.07, 6.45) is -4.82. The van der Waals surface area contributed by atoms with E-state index in [-0.39, 0.29) is 5.92 Å². The fourth-order valence-electron chi connectivity index (χ4n) is 4.09. The molecule has 0 aromatic heterocycles. The molecule has 0 aliphatic heterocycles. The van der Waals surface area contributed by atoms with Gasteiger partial charge >= 0.3 is 12.3 Å². The Balaban J connectivity index is 1.72. The highest BCUT2D eigenvalue weighted by molar-refractivity contribution is 5.30. The van der Waals surface area contributed by atoms with Crippen molar-refractivity contribution in [1.29, 1.82) is 0 Å². The van der Waals surface area contributed by atoms with Crippen molar-refractivity contribution >= 4 is 0 Å². The van der Waals surface area contributed by atoms with Crippen LogP contribution in [0.5, 0.6) is 0 Å². The molecule has 2 aromatic carbocycles. The molecule has 0 bridgehead atoms. The number of allylic oxidation sites excluding steroid dienone is 1. The van der Waals surface area contributed by atoms with Crippen molar-refractivity contribution < 1.29 is 35.5 Å². The smallest absolute Gasteiger partial charge is 0.309 e. The Morgan fingerprint density at radius 1 is 0.938 bits per heavy atom. The summed E-state index contributed by atoms with van der Waals surface area (Å²) in [5.74, 6) is -3.03. The van der Waals surface area contributed by atoms with Crippen molar-refractivity contribution in [2.75, 3.05) is 0 Å². The van der Waals surface area contributed by atoms with Crippen LogP contribution in [0.1, 0.15) is 66.9 Å². The predicted molar refractivity (Wildman–Crippen MR) is 106 cm³/mol. The Morgan fingerprint density at radius 2 is 1.47 bits per heavy atom. The first kappa shape index (κ1) is 24.3. The summed E-state index contributed by atoms with van der Waals surface area (Å²) in [6.45, 7) is 4.89. The molecule has 3 rings (SSSR count). The van der Waals surface area contributed by atoms with Crippen molar-refractivity contribution in [3.8, 4) is 0 Å². The van der Waals surface area contributed by atoms with Gasteiger partial charge in [0.15, 0.2) is 0 Å². The molecule has 0 amide bonds. The van der Waals surface area contributed by atoms with E-state index in [2.05, 4.69) is 6.58 Å². The summed E-state index contributed by atoms with van der Waals surface area (Å²) < 4.78 is 99.6. The second kappa shape index (κ2) is 9.25.